The lowest BCUT2D eigenvalue weighted by Gasteiger charge is -2.09. The minimum absolute atomic E-state index is 0.689. The lowest BCUT2D eigenvalue weighted by molar-refractivity contribution is 0.395. The zero-order valence-electron chi connectivity index (χ0n) is 9.61. The Bertz CT molecular complexity index is 327. The van der Waals surface area contributed by atoms with Crippen LogP contribution in [0.4, 0.5) is 0 Å². The molecule has 1 fully saturated rings. The maximum Gasteiger partial charge on any atom is 0.213 e. The standard InChI is InChI=1S/C12H18N2OS/c1-15-12-6-2-4-10(14-12)8-13-9-11-5-3-7-16-11/h2,4,6,11,13H,3,5,7-9H2,1H3. The number of rotatable bonds is 5. The first-order valence-corrected chi connectivity index (χ1v) is 6.75. The van der Waals surface area contributed by atoms with E-state index in [1.54, 1.807) is 7.11 Å². The molecule has 1 unspecified atom stereocenters. The van der Waals surface area contributed by atoms with E-state index in [4.69, 9.17) is 4.74 Å². The van der Waals surface area contributed by atoms with Crippen molar-refractivity contribution in [2.24, 2.45) is 0 Å². The van der Waals surface area contributed by atoms with Crippen molar-refractivity contribution < 1.29 is 4.74 Å². The minimum atomic E-state index is 0.689. The van der Waals surface area contributed by atoms with E-state index in [2.05, 4.69) is 22.1 Å². The monoisotopic (exact) mass is 238 g/mol. The van der Waals surface area contributed by atoms with E-state index in [1.165, 1.54) is 18.6 Å². The molecule has 1 aliphatic heterocycles. The van der Waals surface area contributed by atoms with Crippen molar-refractivity contribution in [3.05, 3.63) is 23.9 Å². The van der Waals surface area contributed by atoms with Gasteiger partial charge in [-0.15, -0.1) is 0 Å². The molecule has 1 N–H and O–H groups in total. The number of nitrogens with one attached hydrogen (secondary N) is 1. The summed E-state index contributed by atoms with van der Waals surface area (Å²) in [5.74, 6) is 2.01. The van der Waals surface area contributed by atoms with Crippen LogP contribution in [-0.2, 0) is 6.54 Å². The molecule has 1 atom stereocenters. The highest BCUT2D eigenvalue weighted by Gasteiger charge is 2.14. The van der Waals surface area contributed by atoms with E-state index in [0.29, 0.717) is 5.88 Å². The first-order valence-electron chi connectivity index (χ1n) is 5.71. The second-order valence-electron chi connectivity index (χ2n) is 3.94. The van der Waals surface area contributed by atoms with Crippen molar-refractivity contribution in [2.75, 3.05) is 19.4 Å². The summed E-state index contributed by atoms with van der Waals surface area (Å²) in [5.41, 5.74) is 1.04. The Morgan fingerprint density at radius 3 is 3.25 bits per heavy atom. The van der Waals surface area contributed by atoms with Gasteiger partial charge in [-0.2, -0.15) is 11.8 Å². The van der Waals surface area contributed by atoms with E-state index < -0.39 is 0 Å². The average Bonchev–Trinajstić information content (AvgIpc) is 2.82. The molecule has 16 heavy (non-hydrogen) atoms. The number of hydrogen-bond acceptors (Lipinski definition) is 4. The number of aromatic nitrogens is 1. The van der Waals surface area contributed by atoms with E-state index >= 15 is 0 Å². The SMILES string of the molecule is COc1cccc(CNCC2CCCS2)n1. The first kappa shape index (κ1) is 11.7. The molecule has 0 amide bonds. The molecule has 1 aromatic heterocycles. The van der Waals surface area contributed by atoms with E-state index in [-0.39, 0.29) is 0 Å². The summed E-state index contributed by atoms with van der Waals surface area (Å²) < 4.78 is 5.09. The summed E-state index contributed by atoms with van der Waals surface area (Å²) in [6.45, 7) is 1.91. The van der Waals surface area contributed by atoms with Crippen LogP contribution in [0, 0.1) is 0 Å². The highest BCUT2D eigenvalue weighted by Crippen LogP contribution is 2.25. The quantitative estimate of drug-likeness (QED) is 0.851. The zero-order valence-corrected chi connectivity index (χ0v) is 10.4. The minimum Gasteiger partial charge on any atom is -0.481 e. The summed E-state index contributed by atoms with van der Waals surface area (Å²) in [6.07, 6.45) is 2.72. The van der Waals surface area contributed by atoms with Crippen LogP contribution in [-0.4, -0.2) is 29.6 Å². The summed E-state index contributed by atoms with van der Waals surface area (Å²) in [5, 5.41) is 4.25. The summed E-state index contributed by atoms with van der Waals surface area (Å²) >= 11 is 2.08. The normalized spacial score (nSPS) is 19.9. The lowest BCUT2D eigenvalue weighted by Crippen LogP contribution is -2.23. The van der Waals surface area contributed by atoms with Gasteiger partial charge in [0.1, 0.15) is 0 Å². The molecule has 88 valence electrons. The highest BCUT2D eigenvalue weighted by atomic mass is 32.2. The Labute approximate surface area is 101 Å². The van der Waals surface area contributed by atoms with Gasteiger partial charge in [0, 0.05) is 24.4 Å². The van der Waals surface area contributed by atoms with Crippen molar-refractivity contribution in [2.45, 2.75) is 24.6 Å². The first-order chi connectivity index (χ1) is 7.88. The molecule has 0 aliphatic carbocycles. The molecule has 0 bridgehead atoms. The molecule has 0 saturated carbocycles. The molecule has 2 heterocycles. The van der Waals surface area contributed by atoms with E-state index in [9.17, 15) is 0 Å². The molecular formula is C12H18N2OS. The topological polar surface area (TPSA) is 34.1 Å². The fourth-order valence-electron chi connectivity index (χ4n) is 1.84. The number of methoxy groups -OCH3 is 1. The molecule has 1 aromatic rings. The van der Waals surface area contributed by atoms with Crippen LogP contribution in [0.25, 0.3) is 0 Å². The van der Waals surface area contributed by atoms with Gasteiger partial charge in [0.25, 0.3) is 0 Å². The summed E-state index contributed by atoms with van der Waals surface area (Å²) in [7, 11) is 1.65. The second kappa shape index (κ2) is 6.11. The van der Waals surface area contributed by atoms with Gasteiger partial charge in [0.15, 0.2) is 0 Å². The second-order valence-corrected chi connectivity index (χ2v) is 5.35. The predicted molar refractivity (Wildman–Crippen MR) is 68.0 cm³/mol. The predicted octanol–water partition coefficient (Wildman–Crippen LogP) is 2.08. The highest BCUT2D eigenvalue weighted by molar-refractivity contribution is 8.00. The van der Waals surface area contributed by atoms with Crippen LogP contribution in [0.1, 0.15) is 18.5 Å². The smallest absolute Gasteiger partial charge is 0.213 e. The Morgan fingerprint density at radius 1 is 1.56 bits per heavy atom. The molecule has 0 aromatic carbocycles. The van der Waals surface area contributed by atoms with Crippen LogP contribution in [0.15, 0.2) is 18.2 Å². The summed E-state index contributed by atoms with van der Waals surface area (Å²) in [4.78, 5) is 4.36. The number of pyridine rings is 1. The van der Waals surface area contributed by atoms with Gasteiger partial charge in [0.2, 0.25) is 5.88 Å². The Balaban J connectivity index is 1.75. The molecule has 2 rings (SSSR count). The Hall–Kier alpha value is -0.740. The third kappa shape index (κ3) is 3.39. The fraction of sp³-hybridized carbons (Fsp3) is 0.583. The molecule has 0 spiro atoms. The van der Waals surface area contributed by atoms with Crippen molar-refractivity contribution >= 4 is 11.8 Å². The molecule has 1 saturated heterocycles. The van der Waals surface area contributed by atoms with Gasteiger partial charge < -0.3 is 10.1 Å². The number of thioether (sulfide) groups is 1. The molecule has 3 nitrogen and oxygen atoms in total. The Morgan fingerprint density at radius 2 is 2.50 bits per heavy atom. The van der Waals surface area contributed by atoms with Crippen molar-refractivity contribution in [1.82, 2.24) is 10.3 Å². The van der Waals surface area contributed by atoms with Crippen molar-refractivity contribution in [3.8, 4) is 5.88 Å². The van der Waals surface area contributed by atoms with E-state index in [1.807, 2.05) is 18.2 Å². The van der Waals surface area contributed by atoms with Crippen molar-refractivity contribution in [3.63, 3.8) is 0 Å². The third-order valence-electron chi connectivity index (χ3n) is 2.69. The number of ether oxygens (including phenoxy) is 1. The van der Waals surface area contributed by atoms with Gasteiger partial charge >= 0.3 is 0 Å². The van der Waals surface area contributed by atoms with Crippen LogP contribution in [0.5, 0.6) is 5.88 Å². The Kier molecular flexibility index (Phi) is 4.48. The largest absolute Gasteiger partial charge is 0.481 e. The number of nitrogens with zero attached hydrogens (tertiary/aromatic N) is 1. The molecule has 1 aliphatic rings. The van der Waals surface area contributed by atoms with Crippen molar-refractivity contribution in [1.29, 1.82) is 0 Å². The average molecular weight is 238 g/mol. The fourth-order valence-corrected chi connectivity index (χ4v) is 3.07. The number of hydrogen-bond donors (Lipinski definition) is 1. The molecule has 0 radical (unpaired) electrons. The maximum absolute atomic E-state index is 5.09. The maximum atomic E-state index is 5.09. The van der Waals surface area contributed by atoms with E-state index in [0.717, 1.165) is 24.0 Å². The van der Waals surface area contributed by atoms with Crippen LogP contribution >= 0.6 is 11.8 Å². The molecule has 4 heteroatoms. The van der Waals surface area contributed by atoms with Gasteiger partial charge in [0.05, 0.1) is 12.8 Å². The lowest BCUT2D eigenvalue weighted by atomic mass is 10.2. The van der Waals surface area contributed by atoms with Gasteiger partial charge in [-0.3, -0.25) is 0 Å². The van der Waals surface area contributed by atoms with Gasteiger partial charge in [-0.25, -0.2) is 4.98 Å². The summed E-state index contributed by atoms with van der Waals surface area (Å²) in [6, 6.07) is 5.88. The zero-order chi connectivity index (χ0) is 11.2. The molecular weight excluding hydrogens is 220 g/mol. The van der Waals surface area contributed by atoms with Crippen LogP contribution in [0.2, 0.25) is 0 Å². The van der Waals surface area contributed by atoms with Gasteiger partial charge in [-0.1, -0.05) is 6.07 Å². The van der Waals surface area contributed by atoms with Gasteiger partial charge in [-0.05, 0) is 24.7 Å². The van der Waals surface area contributed by atoms with Crippen LogP contribution < -0.4 is 10.1 Å². The third-order valence-corrected chi connectivity index (χ3v) is 4.09. The van der Waals surface area contributed by atoms with Crippen LogP contribution in [0.3, 0.4) is 0 Å².